The molecule has 106 valence electrons. The Kier molecular flexibility index (Phi) is 3.69. The first kappa shape index (κ1) is 13.1. The number of amides is 1. The molecule has 0 aliphatic carbocycles. The number of pyridine rings is 1. The van der Waals surface area contributed by atoms with E-state index in [0.29, 0.717) is 12.5 Å². The van der Waals surface area contributed by atoms with Gasteiger partial charge in [0.2, 0.25) is 5.91 Å². The van der Waals surface area contributed by atoms with Gasteiger partial charge in [-0.1, -0.05) is 6.07 Å². The van der Waals surface area contributed by atoms with Crippen molar-refractivity contribution in [3.05, 3.63) is 36.3 Å². The third-order valence-corrected chi connectivity index (χ3v) is 3.88. The number of hydrogen-bond acceptors (Lipinski definition) is 3. The van der Waals surface area contributed by atoms with Gasteiger partial charge in [0.15, 0.2) is 0 Å². The number of likely N-dealkylation sites (tertiary alicyclic amines) is 1. The smallest absolute Gasteiger partial charge is 0.228 e. The standard InChI is InChI=1S/C15H20N4O/c1-16-10-13-5-4-8-19(13)15(20)9-12-11-18-7-3-2-6-14(18)17-12/h2-3,6-7,11,13,16H,4-5,8-10H2,1H3/t13-/m1/s1. The average Bonchev–Trinajstić information content (AvgIpc) is 3.04. The largest absolute Gasteiger partial charge is 0.338 e. The Morgan fingerprint density at radius 3 is 3.20 bits per heavy atom. The first-order chi connectivity index (χ1) is 9.78. The maximum absolute atomic E-state index is 12.4. The predicted octanol–water partition coefficient (Wildman–Crippen LogP) is 1.09. The van der Waals surface area contributed by atoms with E-state index in [-0.39, 0.29) is 5.91 Å². The third kappa shape index (κ3) is 2.54. The second-order valence-electron chi connectivity index (χ2n) is 5.32. The second-order valence-corrected chi connectivity index (χ2v) is 5.32. The lowest BCUT2D eigenvalue weighted by Gasteiger charge is -2.24. The summed E-state index contributed by atoms with van der Waals surface area (Å²) in [6.45, 7) is 1.75. The number of nitrogens with zero attached hydrogens (tertiary/aromatic N) is 3. The van der Waals surface area contributed by atoms with Crippen LogP contribution in [-0.4, -0.2) is 46.4 Å². The molecule has 1 fully saturated rings. The second kappa shape index (κ2) is 5.63. The Balaban J connectivity index is 1.71. The molecule has 3 heterocycles. The lowest BCUT2D eigenvalue weighted by atomic mass is 10.2. The molecule has 5 heteroatoms. The van der Waals surface area contributed by atoms with Crippen LogP contribution in [0.2, 0.25) is 0 Å². The number of imidazole rings is 1. The molecular weight excluding hydrogens is 252 g/mol. The summed E-state index contributed by atoms with van der Waals surface area (Å²) in [6.07, 6.45) is 6.48. The van der Waals surface area contributed by atoms with E-state index in [9.17, 15) is 4.79 Å². The van der Waals surface area contributed by atoms with Crippen LogP contribution in [-0.2, 0) is 11.2 Å². The van der Waals surface area contributed by atoms with Crippen molar-refractivity contribution in [2.75, 3.05) is 20.1 Å². The maximum atomic E-state index is 12.4. The molecule has 1 aliphatic heterocycles. The molecule has 1 saturated heterocycles. The topological polar surface area (TPSA) is 49.6 Å². The van der Waals surface area contributed by atoms with Gasteiger partial charge in [-0.2, -0.15) is 0 Å². The van der Waals surface area contributed by atoms with Gasteiger partial charge in [0.25, 0.3) is 0 Å². The minimum absolute atomic E-state index is 0.186. The first-order valence-electron chi connectivity index (χ1n) is 7.14. The van der Waals surface area contributed by atoms with Crippen LogP contribution in [0.5, 0.6) is 0 Å². The minimum atomic E-state index is 0.186. The molecule has 1 aliphatic rings. The highest BCUT2D eigenvalue weighted by Gasteiger charge is 2.28. The van der Waals surface area contributed by atoms with Gasteiger partial charge in [-0.15, -0.1) is 0 Å². The molecule has 0 unspecified atom stereocenters. The van der Waals surface area contributed by atoms with Crippen LogP contribution < -0.4 is 5.32 Å². The monoisotopic (exact) mass is 272 g/mol. The zero-order chi connectivity index (χ0) is 13.9. The molecule has 0 spiro atoms. The normalized spacial score (nSPS) is 18.9. The van der Waals surface area contributed by atoms with Crippen LogP contribution in [0.25, 0.3) is 5.65 Å². The van der Waals surface area contributed by atoms with Crippen LogP contribution in [0.15, 0.2) is 30.6 Å². The van der Waals surface area contributed by atoms with Gasteiger partial charge in [0.1, 0.15) is 5.65 Å². The van der Waals surface area contributed by atoms with Crippen molar-refractivity contribution < 1.29 is 4.79 Å². The Morgan fingerprint density at radius 2 is 2.40 bits per heavy atom. The maximum Gasteiger partial charge on any atom is 0.228 e. The van der Waals surface area contributed by atoms with Crippen molar-refractivity contribution in [2.24, 2.45) is 0 Å². The first-order valence-corrected chi connectivity index (χ1v) is 7.14. The molecule has 1 amide bonds. The zero-order valence-corrected chi connectivity index (χ0v) is 11.7. The third-order valence-electron chi connectivity index (χ3n) is 3.88. The Labute approximate surface area is 118 Å². The summed E-state index contributed by atoms with van der Waals surface area (Å²) in [7, 11) is 1.93. The van der Waals surface area contributed by atoms with Gasteiger partial charge in [0, 0.05) is 31.5 Å². The molecule has 3 rings (SSSR count). The Hall–Kier alpha value is -1.88. The van der Waals surface area contributed by atoms with E-state index in [1.807, 2.05) is 46.9 Å². The summed E-state index contributed by atoms with van der Waals surface area (Å²) >= 11 is 0. The molecule has 1 N–H and O–H groups in total. The quantitative estimate of drug-likeness (QED) is 0.906. The number of carbonyl (C=O) groups is 1. The number of hydrogen-bond donors (Lipinski definition) is 1. The van der Waals surface area contributed by atoms with E-state index in [2.05, 4.69) is 10.3 Å². The molecule has 2 aromatic rings. The molecule has 1 atom stereocenters. The van der Waals surface area contributed by atoms with Crippen molar-refractivity contribution >= 4 is 11.6 Å². The van der Waals surface area contributed by atoms with Gasteiger partial charge in [0.05, 0.1) is 12.1 Å². The molecule has 0 radical (unpaired) electrons. The fourth-order valence-corrected chi connectivity index (χ4v) is 2.94. The van der Waals surface area contributed by atoms with E-state index in [1.165, 1.54) is 0 Å². The average molecular weight is 272 g/mol. The number of nitrogens with one attached hydrogen (secondary N) is 1. The summed E-state index contributed by atoms with van der Waals surface area (Å²) in [5.74, 6) is 0.186. The van der Waals surface area contributed by atoms with Crippen LogP contribution in [0.4, 0.5) is 0 Å². The molecule has 0 aromatic carbocycles. The molecule has 0 saturated carbocycles. The van der Waals surface area contributed by atoms with E-state index in [0.717, 1.165) is 37.3 Å². The highest BCUT2D eigenvalue weighted by atomic mass is 16.2. The number of rotatable bonds is 4. The van der Waals surface area contributed by atoms with Crippen LogP contribution in [0.1, 0.15) is 18.5 Å². The molecule has 2 aromatic heterocycles. The number of fused-ring (bicyclic) bond motifs is 1. The fourth-order valence-electron chi connectivity index (χ4n) is 2.94. The van der Waals surface area contributed by atoms with Gasteiger partial charge in [-0.05, 0) is 32.0 Å². The fraction of sp³-hybridized carbons (Fsp3) is 0.467. The Morgan fingerprint density at radius 1 is 1.50 bits per heavy atom. The predicted molar refractivity (Wildman–Crippen MR) is 77.6 cm³/mol. The molecular formula is C15H20N4O. The number of carbonyl (C=O) groups excluding carboxylic acids is 1. The van der Waals surface area contributed by atoms with Crippen LogP contribution in [0.3, 0.4) is 0 Å². The minimum Gasteiger partial charge on any atom is -0.338 e. The summed E-state index contributed by atoms with van der Waals surface area (Å²) in [5.41, 5.74) is 1.74. The van der Waals surface area contributed by atoms with Crippen molar-refractivity contribution in [3.63, 3.8) is 0 Å². The lowest BCUT2D eigenvalue weighted by molar-refractivity contribution is -0.131. The summed E-state index contributed by atoms with van der Waals surface area (Å²) in [5, 5.41) is 3.17. The van der Waals surface area contributed by atoms with Gasteiger partial charge in [-0.25, -0.2) is 4.98 Å². The van der Waals surface area contributed by atoms with E-state index < -0.39 is 0 Å². The van der Waals surface area contributed by atoms with Crippen molar-refractivity contribution in [1.29, 1.82) is 0 Å². The number of likely N-dealkylation sites (N-methyl/N-ethyl adjacent to an activating group) is 1. The van der Waals surface area contributed by atoms with Crippen LogP contribution >= 0.6 is 0 Å². The Bertz CT molecular complexity index is 574. The zero-order valence-electron chi connectivity index (χ0n) is 11.7. The van der Waals surface area contributed by atoms with E-state index in [1.54, 1.807) is 0 Å². The van der Waals surface area contributed by atoms with E-state index in [4.69, 9.17) is 0 Å². The molecule has 0 bridgehead atoms. The molecule has 20 heavy (non-hydrogen) atoms. The van der Waals surface area contributed by atoms with E-state index >= 15 is 0 Å². The summed E-state index contributed by atoms with van der Waals surface area (Å²) < 4.78 is 1.96. The molecule has 5 nitrogen and oxygen atoms in total. The summed E-state index contributed by atoms with van der Waals surface area (Å²) in [4.78, 5) is 18.9. The van der Waals surface area contributed by atoms with Crippen molar-refractivity contribution in [2.45, 2.75) is 25.3 Å². The lowest BCUT2D eigenvalue weighted by Crippen LogP contribution is -2.41. The highest BCUT2D eigenvalue weighted by molar-refractivity contribution is 5.79. The van der Waals surface area contributed by atoms with Crippen molar-refractivity contribution in [3.8, 4) is 0 Å². The van der Waals surface area contributed by atoms with Gasteiger partial charge < -0.3 is 14.6 Å². The highest BCUT2D eigenvalue weighted by Crippen LogP contribution is 2.18. The van der Waals surface area contributed by atoms with Gasteiger partial charge >= 0.3 is 0 Å². The van der Waals surface area contributed by atoms with Crippen molar-refractivity contribution in [1.82, 2.24) is 19.6 Å². The van der Waals surface area contributed by atoms with Crippen LogP contribution in [0, 0.1) is 0 Å². The SMILES string of the molecule is CNC[C@H]1CCCN1C(=O)Cc1cn2ccccc2n1. The number of aromatic nitrogens is 2. The summed E-state index contributed by atoms with van der Waals surface area (Å²) in [6, 6.07) is 6.21. The van der Waals surface area contributed by atoms with Gasteiger partial charge in [-0.3, -0.25) is 4.79 Å².